The summed E-state index contributed by atoms with van der Waals surface area (Å²) in [4.78, 5) is 10.5. The molecule has 7 nitrogen and oxygen atoms in total. The van der Waals surface area contributed by atoms with Crippen molar-refractivity contribution in [3.8, 4) is 5.75 Å². The van der Waals surface area contributed by atoms with Crippen LogP contribution in [0, 0.1) is 0 Å². The Labute approximate surface area is 129 Å². The third-order valence-corrected chi connectivity index (χ3v) is 4.81. The predicted octanol–water partition coefficient (Wildman–Crippen LogP) is 0.997. The Morgan fingerprint density at radius 1 is 1.27 bits per heavy atom. The second-order valence-corrected chi connectivity index (χ2v) is 6.73. The summed E-state index contributed by atoms with van der Waals surface area (Å²) >= 11 is 0. The summed E-state index contributed by atoms with van der Waals surface area (Å²) in [5, 5.41) is 8.52. The topological polar surface area (TPSA) is 102 Å². The van der Waals surface area contributed by atoms with Crippen molar-refractivity contribution < 1.29 is 27.8 Å². The standard InChI is InChI=1S/C14H19NO6S/c16-14(17)10-21-12-3-5-13(6-4-12)22(18,19)15-11-2-1-8-20-9-7-11/h3-6,11,15H,1-2,7-10H2,(H,16,17). The molecule has 1 heterocycles. The molecule has 0 amide bonds. The molecule has 8 heteroatoms. The van der Waals surface area contributed by atoms with Crippen LogP contribution in [-0.4, -0.2) is 45.4 Å². The van der Waals surface area contributed by atoms with Gasteiger partial charge in [0.1, 0.15) is 5.75 Å². The van der Waals surface area contributed by atoms with Crippen molar-refractivity contribution in [1.82, 2.24) is 4.72 Å². The molecule has 1 atom stereocenters. The Bertz CT molecular complexity index is 590. The number of carbonyl (C=O) groups is 1. The maximum Gasteiger partial charge on any atom is 0.341 e. The number of aliphatic carboxylic acids is 1. The second kappa shape index (κ2) is 7.57. The number of nitrogens with one attached hydrogen (secondary N) is 1. The van der Waals surface area contributed by atoms with E-state index in [-0.39, 0.29) is 10.9 Å². The summed E-state index contributed by atoms with van der Waals surface area (Å²) in [6.45, 7) is 0.745. The highest BCUT2D eigenvalue weighted by atomic mass is 32.2. The molecule has 1 aromatic rings. The molecule has 0 bridgehead atoms. The van der Waals surface area contributed by atoms with E-state index in [2.05, 4.69) is 4.72 Å². The molecule has 1 aliphatic heterocycles. The number of ether oxygens (including phenoxy) is 2. The maximum absolute atomic E-state index is 12.3. The van der Waals surface area contributed by atoms with Gasteiger partial charge in [-0.15, -0.1) is 0 Å². The Balaban J connectivity index is 2.00. The van der Waals surface area contributed by atoms with Crippen molar-refractivity contribution in [3.05, 3.63) is 24.3 Å². The fraction of sp³-hybridized carbons (Fsp3) is 0.500. The molecule has 0 spiro atoms. The van der Waals surface area contributed by atoms with Crippen LogP contribution in [-0.2, 0) is 19.6 Å². The highest BCUT2D eigenvalue weighted by Gasteiger charge is 2.21. The number of hydrogen-bond donors (Lipinski definition) is 2. The Morgan fingerprint density at radius 3 is 2.68 bits per heavy atom. The fourth-order valence-corrected chi connectivity index (χ4v) is 3.47. The van der Waals surface area contributed by atoms with E-state index in [0.29, 0.717) is 25.4 Å². The van der Waals surface area contributed by atoms with Crippen LogP contribution in [0.15, 0.2) is 29.2 Å². The van der Waals surface area contributed by atoms with Crippen LogP contribution in [0.25, 0.3) is 0 Å². The molecule has 0 aromatic heterocycles. The highest BCUT2D eigenvalue weighted by Crippen LogP contribution is 2.18. The average Bonchev–Trinajstić information content (AvgIpc) is 2.73. The molecule has 0 aliphatic carbocycles. The summed E-state index contributed by atoms with van der Waals surface area (Å²) in [5.41, 5.74) is 0. The van der Waals surface area contributed by atoms with Gasteiger partial charge in [-0.2, -0.15) is 0 Å². The molecule has 1 aromatic carbocycles. The van der Waals surface area contributed by atoms with E-state index in [1.54, 1.807) is 0 Å². The van der Waals surface area contributed by atoms with Crippen molar-refractivity contribution in [3.63, 3.8) is 0 Å². The number of carboxylic acids is 1. The Kier molecular flexibility index (Phi) is 5.76. The van der Waals surface area contributed by atoms with E-state index in [1.807, 2.05) is 0 Å². The minimum atomic E-state index is -3.60. The molecule has 2 N–H and O–H groups in total. The third kappa shape index (κ3) is 4.97. The molecule has 22 heavy (non-hydrogen) atoms. The van der Waals surface area contributed by atoms with Gasteiger partial charge in [-0.25, -0.2) is 17.9 Å². The first-order valence-corrected chi connectivity index (χ1v) is 8.50. The van der Waals surface area contributed by atoms with E-state index in [1.165, 1.54) is 24.3 Å². The Hall–Kier alpha value is -1.64. The molecule has 1 unspecified atom stereocenters. The largest absolute Gasteiger partial charge is 0.482 e. The third-order valence-electron chi connectivity index (χ3n) is 3.27. The van der Waals surface area contributed by atoms with Gasteiger partial charge in [0, 0.05) is 19.3 Å². The quantitative estimate of drug-likeness (QED) is 0.807. The zero-order valence-electron chi connectivity index (χ0n) is 12.0. The number of hydrogen-bond acceptors (Lipinski definition) is 5. The Morgan fingerprint density at radius 2 is 2.00 bits per heavy atom. The highest BCUT2D eigenvalue weighted by molar-refractivity contribution is 7.89. The van der Waals surface area contributed by atoms with Crippen molar-refractivity contribution in [2.45, 2.75) is 30.2 Å². The van der Waals surface area contributed by atoms with Gasteiger partial charge < -0.3 is 14.6 Å². The summed E-state index contributed by atoms with van der Waals surface area (Å²) in [7, 11) is -3.60. The minimum Gasteiger partial charge on any atom is -0.482 e. The van der Waals surface area contributed by atoms with Gasteiger partial charge in [-0.1, -0.05) is 0 Å². The predicted molar refractivity (Wildman–Crippen MR) is 78.4 cm³/mol. The van der Waals surface area contributed by atoms with E-state index >= 15 is 0 Å². The number of sulfonamides is 1. The second-order valence-electron chi connectivity index (χ2n) is 5.02. The summed E-state index contributed by atoms with van der Waals surface area (Å²) in [6, 6.07) is 5.54. The summed E-state index contributed by atoms with van der Waals surface area (Å²) in [6.07, 6.45) is 2.23. The number of benzene rings is 1. The number of rotatable bonds is 6. The molecule has 1 saturated heterocycles. The zero-order valence-corrected chi connectivity index (χ0v) is 12.8. The first-order valence-electron chi connectivity index (χ1n) is 7.02. The molecular weight excluding hydrogens is 310 g/mol. The van der Waals surface area contributed by atoms with E-state index in [4.69, 9.17) is 14.6 Å². The lowest BCUT2D eigenvalue weighted by Crippen LogP contribution is -2.34. The maximum atomic E-state index is 12.3. The van der Waals surface area contributed by atoms with Gasteiger partial charge >= 0.3 is 5.97 Å². The summed E-state index contributed by atoms with van der Waals surface area (Å²) in [5.74, 6) is -0.779. The number of carboxylic acid groups (broad SMARTS) is 1. The van der Waals surface area contributed by atoms with Gasteiger partial charge in [0.25, 0.3) is 0 Å². The van der Waals surface area contributed by atoms with Gasteiger partial charge in [0.15, 0.2) is 6.61 Å². The van der Waals surface area contributed by atoms with Crippen molar-refractivity contribution in [2.75, 3.05) is 19.8 Å². The van der Waals surface area contributed by atoms with Crippen molar-refractivity contribution in [1.29, 1.82) is 0 Å². The molecule has 2 rings (SSSR count). The lowest BCUT2D eigenvalue weighted by Gasteiger charge is -2.16. The first kappa shape index (κ1) is 16.7. The lowest BCUT2D eigenvalue weighted by molar-refractivity contribution is -0.139. The van der Waals surface area contributed by atoms with Crippen molar-refractivity contribution in [2.24, 2.45) is 0 Å². The van der Waals surface area contributed by atoms with Gasteiger partial charge in [-0.3, -0.25) is 0 Å². The molecule has 122 valence electrons. The monoisotopic (exact) mass is 329 g/mol. The van der Waals surface area contributed by atoms with E-state index in [0.717, 1.165) is 12.8 Å². The van der Waals surface area contributed by atoms with Crippen LogP contribution < -0.4 is 9.46 Å². The van der Waals surface area contributed by atoms with E-state index < -0.39 is 22.6 Å². The average molecular weight is 329 g/mol. The van der Waals surface area contributed by atoms with Crippen LogP contribution in [0.1, 0.15) is 19.3 Å². The van der Waals surface area contributed by atoms with E-state index in [9.17, 15) is 13.2 Å². The van der Waals surface area contributed by atoms with Gasteiger partial charge in [-0.05, 0) is 43.5 Å². The van der Waals surface area contributed by atoms with Gasteiger partial charge in [0.05, 0.1) is 4.90 Å². The molecular formula is C14H19NO6S. The molecule has 0 radical (unpaired) electrons. The van der Waals surface area contributed by atoms with Crippen LogP contribution in [0.3, 0.4) is 0 Å². The van der Waals surface area contributed by atoms with Crippen molar-refractivity contribution >= 4 is 16.0 Å². The smallest absolute Gasteiger partial charge is 0.341 e. The van der Waals surface area contributed by atoms with Crippen LogP contribution in [0.4, 0.5) is 0 Å². The van der Waals surface area contributed by atoms with Crippen LogP contribution >= 0.6 is 0 Å². The normalized spacial score (nSPS) is 19.4. The molecule has 1 fully saturated rings. The van der Waals surface area contributed by atoms with Crippen LogP contribution in [0.2, 0.25) is 0 Å². The lowest BCUT2D eigenvalue weighted by atomic mass is 10.1. The minimum absolute atomic E-state index is 0.125. The first-order chi connectivity index (χ1) is 10.5. The summed E-state index contributed by atoms with van der Waals surface area (Å²) < 4.78 is 37.6. The SMILES string of the molecule is O=C(O)COc1ccc(S(=O)(=O)NC2CCCOCC2)cc1. The zero-order chi connectivity index (χ0) is 16.0. The van der Waals surface area contributed by atoms with Gasteiger partial charge in [0.2, 0.25) is 10.0 Å². The molecule has 1 aliphatic rings. The molecule has 0 saturated carbocycles. The fourth-order valence-electron chi connectivity index (χ4n) is 2.17. The van der Waals surface area contributed by atoms with Crippen LogP contribution in [0.5, 0.6) is 5.75 Å².